The van der Waals surface area contributed by atoms with Gasteiger partial charge >= 0.3 is 0 Å². The van der Waals surface area contributed by atoms with Gasteiger partial charge in [0.1, 0.15) is 12.2 Å². The van der Waals surface area contributed by atoms with Crippen molar-refractivity contribution in [1.82, 2.24) is 10.2 Å². The molecule has 2 N–H and O–H groups in total. The molecule has 1 aromatic heterocycles. The first-order chi connectivity index (χ1) is 3.47. The van der Waals surface area contributed by atoms with Gasteiger partial charge < -0.3 is 0 Å². The third-order valence-corrected chi connectivity index (χ3v) is 1.02. The highest BCUT2D eigenvalue weighted by atomic mass is 15.3. The SMILES string of the molecule is C1N=Nc2[nH][nH]c21. The van der Waals surface area contributed by atoms with Gasteiger partial charge in [0.25, 0.3) is 0 Å². The number of aromatic amines is 2. The van der Waals surface area contributed by atoms with Crippen LogP contribution < -0.4 is 0 Å². The Bertz CT molecular complexity index is 193. The van der Waals surface area contributed by atoms with Crippen molar-refractivity contribution in [2.24, 2.45) is 10.2 Å². The second-order valence-electron chi connectivity index (χ2n) is 1.48. The molecule has 1 aliphatic rings. The van der Waals surface area contributed by atoms with Gasteiger partial charge in [-0.15, -0.1) is 5.11 Å². The van der Waals surface area contributed by atoms with Gasteiger partial charge in [-0.25, -0.2) is 0 Å². The summed E-state index contributed by atoms with van der Waals surface area (Å²) >= 11 is 0. The van der Waals surface area contributed by atoms with Gasteiger partial charge in [0, 0.05) is 0 Å². The summed E-state index contributed by atoms with van der Waals surface area (Å²) in [5, 5.41) is 13.1. The van der Waals surface area contributed by atoms with Gasteiger partial charge in [-0.3, -0.25) is 10.2 Å². The lowest BCUT2D eigenvalue weighted by Gasteiger charge is -1.97. The summed E-state index contributed by atoms with van der Waals surface area (Å²) in [5.74, 6) is 0.903. The van der Waals surface area contributed by atoms with E-state index in [1.807, 2.05) is 0 Å². The van der Waals surface area contributed by atoms with Crippen LogP contribution in [-0.2, 0) is 6.54 Å². The fraction of sp³-hybridized carbons (Fsp3) is 0.333. The van der Waals surface area contributed by atoms with Gasteiger partial charge in [-0.2, -0.15) is 5.11 Å². The average molecular weight is 96.1 g/mol. The maximum absolute atomic E-state index is 3.73. The molecule has 2 heterocycles. The van der Waals surface area contributed by atoms with Crippen molar-refractivity contribution >= 4 is 5.82 Å². The Morgan fingerprint density at radius 2 is 2.43 bits per heavy atom. The number of fused-ring (bicyclic) bond motifs is 1. The normalized spacial score (nSPS) is 15.4. The van der Waals surface area contributed by atoms with Crippen LogP contribution in [0.2, 0.25) is 0 Å². The maximum atomic E-state index is 3.73. The molecule has 4 heteroatoms. The molecule has 7 heavy (non-hydrogen) atoms. The predicted molar refractivity (Wildman–Crippen MR) is 23.4 cm³/mol. The zero-order valence-corrected chi connectivity index (χ0v) is 3.60. The van der Waals surface area contributed by atoms with Gasteiger partial charge in [0.2, 0.25) is 0 Å². The molecule has 0 spiro atoms. The average Bonchev–Trinajstić information content (AvgIpc) is 1.85. The molecule has 0 unspecified atom stereocenters. The van der Waals surface area contributed by atoms with Gasteiger partial charge in [0.05, 0.1) is 0 Å². The van der Waals surface area contributed by atoms with Crippen molar-refractivity contribution < 1.29 is 0 Å². The fourth-order valence-electron chi connectivity index (χ4n) is 0.583. The molecule has 0 saturated heterocycles. The number of H-pyrrole nitrogens is 2. The van der Waals surface area contributed by atoms with E-state index in [0.29, 0.717) is 0 Å². The van der Waals surface area contributed by atoms with Crippen LogP contribution in [-0.4, -0.2) is 10.2 Å². The van der Waals surface area contributed by atoms with Gasteiger partial charge in [0.15, 0.2) is 5.82 Å². The minimum absolute atomic E-state index is 0.725. The highest BCUT2D eigenvalue weighted by molar-refractivity contribution is 5.35. The number of nitrogens with one attached hydrogen (secondary N) is 2. The molecule has 1 aliphatic heterocycles. The van der Waals surface area contributed by atoms with Crippen LogP contribution in [0.3, 0.4) is 0 Å². The highest BCUT2D eigenvalue weighted by Gasteiger charge is 2.09. The summed E-state index contributed by atoms with van der Waals surface area (Å²) in [6, 6.07) is 0. The van der Waals surface area contributed by atoms with Crippen molar-refractivity contribution in [1.29, 1.82) is 0 Å². The first kappa shape index (κ1) is 3.01. The molecule has 0 aliphatic carbocycles. The molecule has 0 fully saturated rings. The monoisotopic (exact) mass is 96.0 g/mol. The molecule has 2 rings (SSSR count). The first-order valence-corrected chi connectivity index (χ1v) is 2.09. The van der Waals surface area contributed by atoms with Crippen molar-refractivity contribution in [2.45, 2.75) is 6.54 Å². The lowest BCUT2D eigenvalue weighted by atomic mass is 10.4. The van der Waals surface area contributed by atoms with Crippen molar-refractivity contribution in [3.8, 4) is 0 Å². The van der Waals surface area contributed by atoms with Crippen molar-refractivity contribution in [3.05, 3.63) is 5.69 Å². The third kappa shape index (κ3) is 0.220. The minimum Gasteiger partial charge on any atom is -0.298 e. The fourth-order valence-corrected chi connectivity index (χ4v) is 0.583. The van der Waals surface area contributed by atoms with E-state index in [1.54, 1.807) is 0 Å². The Hall–Kier alpha value is -1.06. The molecule has 36 valence electrons. The Morgan fingerprint density at radius 1 is 1.43 bits per heavy atom. The number of aromatic nitrogens is 2. The van der Waals surface area contributed by atoms with Crippen LogP contribution in [0, 0.1) is 0 Å². The molecular formula is C3H4N4. The number of hydrogen-bond donors (Lipinski definition) is 2. The first-order valence-electron chi connectivity index (χ1n) is 2.09. The number of nitrogens with zero attached hydrogens (tertiary/aromatic N) is 2. The summed E-state index contributed by atoms with van der Waals surface area (Å²) in [5.41, 5.74) is 1.11. The van der Waals surface area contributed by atoms with Crippen LogP contribution in [0.15, 0.2) is 10.2 Å². The summed E-state index contributed by atoms with van der Waals surface area (Å²) in [6.07, 6.45) is 0. The van der Waals surface area contributed by atoms with Crippen LogP contribution in [0.25, 0.3) is 0 Å². The molecule has 0 bridgehead atoms. The lowest BCUT2D eigenvalue weighted by molar-refractivity contribution is 0.886. The zero-order chi connectivity index (χ0) is 4.69. The summed E-state index contributed by atoms with van der Waals surface area (Å²) in [6.45, 7) is 0.725. The van der Waals surface area contributed by atoms with E-state index in [9.17, 15) is 0 Å². The van der Waals surface area contributed by atoms with E-state index in [2.05, 4.69) is 20.4 Å². The Labute approximate surface area is 39.6 Å². The molecule has 0 atom stereocenters. The number of azo groups is 1. The lowest BCUT2D eigenvalue weighted by Crippen LogP contribution is -1.92. The second-order valence-corrected chi connectivity index (χ2v) is 1.48. The predicted octanol–water partition coefficient (Wildman–Crippen LogP) is 0.940. The molecular weight excluding hydrogens is 92.1 g/mol. The topological polar surface area (TPSA) is 56.3 Å². The van der Waals surface area contributed by atoms with Crippen LogP contribution in [0.5, 0.6) is 0 Å². The van der Waals surface area contributed by atoms with E-state index in [-0.39, 0.29) is 0 Å². The molecule has 0 aromatic carbocycles. The van der Waals surface area contributed by atoms with E-state index in [1.165, 1.54) is 0 Å². The van der Waals surface area contributed by atoms with Crippen molar-refractivity contribution in [3.63, 3.8) is 0 Å². The Morgan fingerprint density at radius 3 is 2.71 bits per heavy atom. The van der Waals surface area contributed by atoms with E-state index < -0.39 is 0 Å². The standard InChI is InChI=1S/C3H4N4/c1-2-3(6-4-1)7-5-2/h5,7H,1H2. The molecule has 1 aromatic rings. The van der Waals surface area contributed by atoms with E-state index in [4.69, 9.17) is 0 Å². The molecule has 4 nitrogen and oxygen atoms in total. The largest absolute Gasteiger partial charge is 0.298 e. The smallest absolute Gasteiger partial charge is 0.189 e. The van der Waals surface area contributed by atoms with Gasteiger partial charge in [-0.05, 0) is 0 Å². The van der Waals surface area contributed by atoms with Crippen LogP contribution in [0.1, 0.15) is 5.69 Å². The van der Waals surface area contributed by atoms with Crippen LogP contribution >= 0.6 is 0 Å². The minimum atomic E-state index is 0.725. The molecule has 0 saturated carbocycles. The Kier molecular flexibility index (Phi) is 0.334. The van der Waals surface area contributed by atoms with Crippen LogP contribution in [0.4, 0.5) is 5.82 Å². The summed E-state index contributed by atoms with van der Waals surface area (Å²) in [4.78, 5) is 0. The van der Waals surface area contributed by atoms with E-state index in [0.717, 1.165) is 18.1 Å². The van der Waals surface area contributed by atoms with Crippen molar-refractivity contribution in [2.75, 3.05) is 0 Å². The third-order valence-electron chi connectivity index (χ3n) is 1.02. The summed E-state index contributed by atoms with van der Waals surface area (Å²) < 4.78 is 0. The maximum Gasteiger partial charge on any atom is 0.189 e. The van der Waals surface area contributed by atoms with Gasteiger partial charge in [-0.1, -0.05) is 0 Å². The second kappa shape index (κ2) is 0.776. The van der Waals surface area contributed by atoms with E-state index >= 15 is 0 Å². The molecule has 0 radical (unpaired) electrons. The Balaban J connectivity index is 2.58. The number of hydrogen-bond acceptors (Lipinski definition) is 2. The summed E-state index contributed by atoms with van der Waals surface area (Å²) in [7, 11) is 0. The molecule has 0 amide bonds. The quantitative estimate of drug-likeness (QED) is 0.483. The number of rotatable bonds is 0. The highest BCUT2D eigenvalue weighted by Crippen LogP contribution is 2.22. The zero-order valence-electron chi connectivity index (χ0n) is 3.60.